The van der Waals surface area contributed by atoms with E-state index in [1.165, 1.54) is 0 Å². The van der Waals surface area contributed by atoms with Gasteiger partial charge in [-0.05, 0) is 22.9 Å². The van der Waals surface area contributed by atoms with Gasteiger partial charge in [-0.3, -0.25) is 4.79 Å². The Balaban J connectivity index is 1.58. The molecule has 1 N–H and O–H groups in total. The summed E-state index contributed by atoms with van der Waals surface area (Å²) in [5, 5.41) is 11.2. The van der Waals surface area contributed by atoms with E-state index in [1.54, 1.807) is 4.90 Å². The number of carbonyl (C=O) groups excluding carboxylic acids is 1. The van der Waals surface area contributed by atoms with Crippen LogP contribution in [0.5, 0.6) is 5.75 Å². The number of amides is 1. The second-order valence-corrected chi connectivity index (χ2v) is 5.14. The van der Waals surface area contributed by atoms with Gasteiger partial charge in [0.1, 0.15) is 5.75 Å². The standard InChI is InChI=1S/C16H17NO3/c18-10-12-8-17(9-12)16(19)11-20-15-6-5-13-3-1-2-4-14(13)7-15/h1-7,12,18H,8-11H2. The predicted molar refractivity (Wildman–Crippen MR) is 76.6 cm³/mol. The van der Waals surface area contributed by atoms with Gasteiger partial charge >= 0.3 is 0 Å². The first-order chi connectivity index (χ1) is 9.76. The van der Waals surface area contributed by atoms with Crippen LogP contribution in [0, 0.1) is 5.92 Å². The lowest BCUT2D eigenvalue weighted by Gasteiger charge is -2.38. The predicted octanol–water partition coefficient (Wildman–Crippen LogP) is 1.67. The van der Waals surface area contributed by atoms with Gasteiger partial charge in [-0.2, -0.15) is 0 Å². The molecule has 1 aliphatic rings. The number of hydrogen-bond acceptors (Lipinski definition) is 3. The van der Waals surface area contributed by atoms with Gasteiger partial charge in [0, 0.05) is 25.6 Å². The maximum Gasteiger partial charge on any atom is 0.260 e. The minimum Gasteiger partial charge on any atom is -0.484 e. The first-order valence-electron chi connectivity index (χ1n) is 6.76. The fourth-order valence-corrected chi connectivity index (χ4v) is 2.38. The molecule has 1 heterocycles. The molecule has 104 valence electrons. The van der Waals surface area contributed by atoms with E-state index in [9.17, 15) is 4.79 Å². The monoisotopic (exact) mass is 271 g/mol. The van der Waals surface area contributed by atoms with E-state index in [1.807, 2.05) is 42.5 Å². The Bertz CT molecular complexity index is 620. The molecule has 2 aromatic rings. The topological polar surface area (TPSA) is 49.8 Å². The molecule has 0 atom stereocenters. The van der Waals surface area contributed by atoms with E-state index in [4.69, 9.17) is 9.84 Å². The first kappa shape index (κ1) is 12.9. The van der Waals surface area contributed by atoms with Crippen molar-refractivity contribution in [3.8, 4) is 5.75 Å². The van der Waals surface area contributed by atoms with Gasteiger partial charge in [0.15, 0.2) is 6.61 Å². The SMILES string of the molecule is O=C(COc1ccc2ccccc2c1)N1CC(CO)C1. The van der Waals surface area contributed by atoms with Crippen LogP contribution in [-0.4, -0.2) is 42.2 Å². The van der Waals surface area contributed by atoms with Crippen LogP contribution in [0.2, 0.25) is 0 Å². The van der Waals surface area contributed by atoms with Crippen molar-refractivity contribution < 1.29 is 14.6 Å². The van der Waals surface area contributed by atoms with E-state index in [2.05, 4.69) is 0 Å². The van der Waals surface area contributed by atoms with Gasteiger partial charge in [0.05, 0.1) is 0 Å². The third kappa shape index (κ3) is 2.60. The summed E-state index contributed by atoms with van der Waals surface area (Å²) in [4.78, 5) is 13.6. The lowest BCUT2D eigenvalue weighted by molar-refractivity contribution is -0.140. The molecule has 0 saturated carbocycles. The van der Waals surface area contributed by atoms with Gasteiger partial charge in [-0.1, -0.05) is 30.3 Å². The summed E-state index contributed by atoms with van der Waals surface area (Å²) in [6.45, 7) is 1.47. The quantitative estimate of drug-likeness (QED) is 0.920. The van der Waals surface area contributed by atoms with Crippen LogP contribution in [0.25, 0.3) is 10.8 Å². The average Bonchev–Trinajstić information content (AvgIpc) is 2.44. The maximum absolute atomic E-state index is 11.8. The van der Waals surface area contributed by atoms with Crippen molar-refractivity contribution in [2.45, 2.75) is 0 Å². The Hall–Kier alpha value is -2.07. The average molecular weight is 271 g/mol. The second-order valence-electron chi connectivity index (χ2n) is 5.14. The van der Waals surface area contributed by atoms with E-state index >= 15 is 0 Å². The lowest BCUT2D eigenvalue weighted by atomic mass is 10.0. The number of aliphatic hydroxyl groups excluding tert-OH is 1. The molecule has 1 aliphatic heterocycles. The number of fused-ring (bicyclic) bond motifs is 1. The summed E-state index contributed by atoms with van der Waals surface area (Å²) >= 11 is 0. The molecule has 4 nitrogen and oxygen atoms in total. The highest BCUT2D eigenvalue weighted by molar-refractivity contribution is 5.84. The zero-order valence-corrected chi connectivity index (χ0v) is 11.2. The molecule has 1 amide bonds. The Kier molecular flexibility index (Phi) is 3.56. The number of likely N-dealkylation sites (tertiary alicyclic amines) is 1. The summed E-state index contributed by atoms with van der Waals surface area (Å²) in [5.41, 5.74) is 0. The molecule has 1 saturated heterocycles. The van der Waals surface area contributed by atoms with Crippen LogP contribution < -0.4 is 4.74 Å². The molecule has 0 bridgehead atoms. The van der Waals surface area contributed by atoms with E-state index in [0.717, 1.165) is 10.8 Å². The van der Waals surface area contributed by atoms with Crippen LogP contribution in [0.15, 0.2) is 42.5 Å². The zero-order chi connectivity index (χ0) is 13.9. The van der Waals surface area contributed by atoms with Gasteiger partial charge in [-0.25, -0.2) is 0 Å². The third-order valence-corrected chi connectivity index (χ3v) is 3.65. The van der Waals surface area contributed by atoms with E-state index < -0.39 is 0 Å². The highest BCUT2D eigenvalue weighted by Gasteiger charge is 2.29. The van der Waals surface area contributed by atoms with Crippen LogP contribution >= 0.6 is 0 Å². The van der Waals surface area contributed by atoms with Gasteiger partial charge in [0.2, 0.25) is 0 Å². The van der Waals surface area contributed by atoms with E-state index in [-0.39, 0.29) is 25.0 Å². The Labute approximate surface area is 117 Å². The Morgan fingerprint density at radius 1 is 1.20 bits per heavy atom. The normalized spacial score (nSPS) is 15.2. The number of rotatable bonds is 4. The number of benzene rings is 2. The van der Waals surface area contributed by atoms with Crippen molar-refractivity contribution in [2.75, 3.05) is 26.3 Å². The number of carbonyl (C=O) groups is 1. The molecule has 0 radical (unpaired) electrons. The summed E-state index contributed by atoms with van der Waals surface area (Å²) in [5.74, 6) is 0.916. The van der Waals surface area contributed by atoms with Crippen LogP contribution in [0.3, 0.4) is 0 Å². The number of ether oxygens (including phenoxy) is 1. The lowest BCUT2D eigenvalue weighted by Crippen LogP contribution is -2.52. The molecule has 0 aliphatic carbocycles. The van der Waals surface area contributed by atoms with Crippen molar-refractivity contribution in [2.24, 2.45) is 5.92 Å². The van der Waals surface area contributed by atoms with Crippen molar-refractivity contribution in [3.63, 3.8) is 0 Å². The maximum atomic E-state index is 11.8. The molecular weight excluding hydrogens is 254 g/mol. The fourth-order valence-electron chi connectivity index (χ4n) is 2.38. The van der Waals surface area contributed by atoms with Gasteiger partial charge in [0.25, 0.3) is 5.91 Å². The Morgan fingerprint density at radius 2 is 1.95 bits per heavy atom. The largest absolute Gasteiger partial charge is 0.484 e. The summed E-state index contributed by atoms with van der Waals surface area (Å²) in [6, 6.07) is 13.8. The van der Waals surface area contributed by atoms with Crippen LogP contribution in [-0.2, 0) is 4.79 Å². The van der Waals surface area contributed by atoms with Gasteiger partial charge in [-0.15, -0.1) is 0 Å². The minimum atomic E-state index is -0.0251. The highest BCUT2D eigenvalue weighted by Crippen LogP contribution is 2.21. The van der Waals surface area contributed by atoms with Crippen molar-refractivity contribution in [1.29, 1.82) is 0 Å². The van der Waals surface area contributed by atoms with Crippen molar-refractivity contribution in [1.82, 2.24) is 4.90 Å². The molecule has 1 fully saturated rings. The number of nitrogens with zero attached hydrogens (tertiary/aromatic N) is 1. The summed E-state index contributed by atoms with van der Waals surface area (Å²) < 4.78 is 5.55. The second kappa shape index (κ2) is 5.51. The molecule has 0 spiro atoms. The summed E-state index contributed by atoms with van der Waals surface area (Å²) in [7, 11) is 0. The number of hydrogen-bond donors (Lipinski definition) is 1. The fraction of sp³-hybridized carbons (Fsp3) is 0.312. The third-order valence-electron chi connectivity index (χ3n) is 3.65. The summed E-state index contributed by atoms with van der Waals surface area (Å²) in [6.07, 6.45) is 0. The Morgan fingerprint density at radius 3 is 2.70 bits per heavy atom. The molecule has 2 aromatic carbocycles. The number of aliphatic hydroxyl groups is 1. The minimum absolute atomic E-state index is 0.0251. The van der Waals surface area contributed by atoms with Crippen molar-refractivity contribution >= 4 is 16.7 Å². The first-order valence-corrected chi connectivity index (χ1v) is 6.76. The van der Waals surface area contributed by atoms with Crippen molar-refractivity contribution in [3.05, 3.63) is 42.5 Å². The molecule has 4 heteroatoms. The van der Waals surface area contributed by atoms with E-state index in [0.29, 0.717) is 18.8 Å². The molecule has 0 unspecified atom stereocenters. The van der Waals surface area contributed by atoms with Crippen LogP contribution in [0.4, 0.5) is 0 Å². The smallest absolute Gasteiger partial charge is 0.260 e. The highest BCUT2D eigenvalue weighted by atomic mass is 16.5. The molecule has 3 rings (SSSR count). The van der Waals surface area contributed by atoms with Gasteiger partial charge < -0.3 is 14.7 Å². The molecule has 20 heavy (non-hydrogen) atoms. The molecule has 0 aromatic heterocycles. The molecular formula is C16H17NO3. The zero-order valence-electron chi connectivity index (χ0n) is 11.2. The van der Waals surface area contributed by atoms with Crippen LogP contribution in [0.1, 0.15) is 0 Å².